The number of rotatable bonds is 8. The maximum Gasteiger partial charge on any atom is 0.278 e. The fraction of sp³-hybridized carbons (Fsp3) is 0.364. The van der Waals surface area contributed by atoms with Crippen molar-refractivity contribution in [3.05, 3.63) is 53.0 Å². The summed E-state index contributed by atoms with van der Waals surface area (Å²) in [5, 5.41) is 7.57. The first kappa shape index (κ1) is 22.8. The third-order valence-electron chi connectivity index (χ3n) is 4.66. The molecule has 1 N–H and O–H groups in total. The molecule has 1 aliphatic rings. The minimum absolute atomic E-state index is 0.145. The van der Waals surface area contributed by atoms with Crippen molar-refractivity contribution in [3.63, 3.8) is 0 Å². The number of aromatic nitrogens is 2. The molecule has 164 valence electrons. The number of aliphatic imine (C=N–C) groups is 1. The zero-order valence-corrected chi connectivity index (χ0v) is 19.0. The standard InChI is InChI=1S/C22H27N5O3S/c1-15-6-7-18(16(2)10-15)24-20(28)14-31-22-25-19(11-17-12-23-26(3)13-17)21(29)27(22)8-5-9-30-4/h6-7,10-13H,5,8-9,14H2,1-4H3,(H,24,28). The minimum Gasteiger partial charge on any atom is -0.385 e. The number of ether oxygens (including phenoxy) is 1. The normalized spacial score (nSPS) is 15.0. The molecule has 2 amide bonds. The SMILES string of the molecule is COCCCN1C(=O)C(=Cc2cnn(C)c2)N=C1SCC(=O)Nc1ccc(C)cc1C. The van der Waals surface area contributed by atoms with Crippen LogP contribution in [0, 0.1) is 13.8 Å². The lowest BCUT2D eigenvalue weighted by molar-refractivity contribution is -0.122. The molecule has 0 radical (unpaired) electrons. The van der Waals surface area contributed by atoms with Gasteiger partial charge in [-0.05, 0) is 38.0 Å². The molecule has 0 spiro atoms. The second-order valence-corrected chi connectivity index (χ2v) is 8.27. The molecule has 0 saturated carbocycles. The summed E-state index contributed by atoms with van der Waals surface area (Å²) < 4.78 is 6.77. The first-order chi connectivity index (χ1) is 14.9. The molecule has 9 heteroatoms. The number of benzene rings is 1. The number of aryl methyl sites for hydroxylation is 3. The lowest BCUT2D eigenvalue weighted by atomic mass is 10.1. The third kappa shape index (κ3) is 6.05. The van der Waals surface area contributed by atoms with Gasteiger partial charge in [0.25, 0.3) is 5.91 Å². The Morgan fingerprint density at radius 1 is 1.32 bits per heavy atom. The van der Waals surface area contributed by atoms with Gasteiger partial charge < -0.3 is 10.1 Å². The molecule has 8 nitrogen and oxygen atoms in total. The summed E-state index contributed by atoms with van der Waals surface area (Å²) in [6, 6.07) is 5.88. The van der Waals surface area contributed by atoms with Crippen molar-refractivity contribution >= 4 is 40.5 Å². The van der Waals surface area contributed by atoms with Crippen LogP contribution >= 0.6 is 11.8 Å². The highest BCUT2D eigenvalue weighted by Gasteiger charge is 2.30. The predicted octanol–water partition coefficient (Wildman–Crippen LogP) is 2.98. The molecular weight excluding hydrogens is 414 g/mol. The van der Waals surface area contributed by atoms with Gasteiger partial charge in [0.1, 0.15) is 5.70 Å². The Hall–Kier alpha value is -2.91. The van der Waals surface area contributed by atoms with E-state index in [1.54, 1.807) is 29.0 Å². The summed E-state index contributed by atoms with van der Waals surface area (Å²) >= 11 is 1.25. The molecule has 2 aromatic rings. The van der Waals surface area contributed by atoms with E-state index in [1.807, 2.05) is 45.3 Å². The molecular formula is C22H27N5O3S. The Bertz CT molecular complexity index is 1030. The Balaban J connectivity index is 1.70. The topological polar surface area (TPSA) is 88.8 Å². The summed E-state index contributed by atoms with van der Waals surface area (Å²) in [5.41, 5.74) is 4.07. The largest absolute Gasteiger partial charge is 0.385 e. The van der Waals surface area contributed by atoms with Crippen molar-refractivity contribution in [2.75, 3.05) is 31.3 Å². The van der Waals surface area contributed by atoms with Gasteiger partial charge in [-0.1, -0.05) is 29.5 Å². The number of hydrogen-bond donors (Lipinski definition) is 1. The van der Waals surface area contributed by atoms with Crippen LogP contribution in [-0.2, 0) is 21.4 Å². The highest BCUT2D eigenvalue weighted by atomic mass is 32.2. The fourth-order valence-electron chi connectivity index (χ4n) is 3.15. The lowest BCUT2D eigenvalue weighted by Crippen LogP contribution is -2.32. The molecule has 3 rings (SSSR count). The molecule has 0 atom stereocenters. The number of methoxy groups -OCH3 is 1. The Morgan fingerprint density at radius 2 is 2.13 bits per heavy atom. The first-order valence-electron chi connectivity index (χ1n) is 9.97. The number of carbonyl (C=O) groups excluding carboxylic acids is 2. The van der Waals surface area contributed by atoms with Crippen LogP contribution < -0.4 is 5.32 Å². The molecule has 1 aliphatic heterocycles. The second kappa shape index (κ2) is 10.4. The molecule has 0 aliphatic carbocycles. The first-order valence-corrected chi connectivity index (χ1v) is 11.0. The molecule has 0 saturated heterocycles. The van der Waals surface area contributed by atoms with Gasteiger partial charge in [-0.25, -0.2) is 4.99 Å². The van der Waals surface area contributed by atoms with Crippen LogP contribution in [0.15, 0.2) is 41.3 Å². The summed E-state index contributed by atoms with van der Waals surface area (Å²) in [6.45, 7) is 4.99. The van der Waals surface area contributed by atoms with Crippen LogP contribution in [0.25, 0.3) is 6.08 Å². The second-order valence-electron chi connectivity index (χ2n) is 7.33. The van der Waals surface area contributed by atoms with Crippen molar-refractivity contribution in [1.29, 1.82) is 0 Å². The van der Waals surface area contributed by atoms with Crippen molar-refractivity contribution < 1.29 is 14.3 Å². The third-order valence-corrected chi connectivity index (χ3v) is 5.63. The van der Waals surface area contributed by atoms with E-state index < -0.39 is 0 Å². The number of amidine groups is 1. The zero-order valence-electron chi connectivity index (χ0n) is 18.2. The number of nitrogens with zero attached hydrogens (tertiary/aromatic N) is 4. The van der Waals surface area contributed by atoms with Crippen molar-refractivity contribution in [3.8, 4) is 0 Å². The van der Waals surface area contributed by atoms with E-state index in [4.69, 9.17) is 4.74 Å². The maximum absolute atomic E-state index is 12.9. The summed E-state index contributed by atoms with van der Waals surface area (Å²) in [7, 11) is 3.44. The predicted molar refractivity (Wildman–Crippen MR) is 124 cm³/mol. The zero-order chi connectivity index (χ0) is 22.4. The van der Waals surface area contributed by atoms with Crippen LogP contribution in [0.1, 0.15) is 23.1 Å². The number of hydrogen-bond acceptors (Lipinski definition) is 6. The van der Waals surface area contributed by atoms with Crippen LogP contribution in [0.4, 0.5) is 5.69 Å². The van der Waals surface area contributed by atoms with E-state index in [-0.39, 0.29) is 17.6 Å². The van der Waals surface area contributed by atoms with E-state index in [1.165, 1.54) is 11.8 Å². The van der Waals surface area contributed by atoms with Gasteiger partial charge in [-0.2, -0.15) is 5.10 Å². The van der Waals surface area contributed by atoms with Crippen molar-refractivity contribution in [2.45, 2.75) is 20.3 Å². The van der Waals surface area contributed by atoms with Crippen LogP contribution in [0.3, 0.4) is 0 Å². The smallest absolute Gasteiger partial charge is 0.278 e. The van der Waals surface area contributed by atoms with Gasteiger partial charge in [-0.15, -0.1) is 0 Å². The van der Waals surface area contributed by atoms with Gasteiger partial charge in [0.05, 0.1) is 11.9 Å². The average molecular weight is 442 g/mol. The number of anilines is 1. The van der Waals surface area contributed by atoms with Gasteiger partial charge in [0.15, 0.2) is 5.17 Å². The van der Waals surface area contributed by atoms with Crippen LogP contribution in [0.5, 0.6) is 0 Å². The highest BCUT2D eigenvalue weighted by Crippen LogP contribution is 2.25. The number of carbonyl (C=O) groups is 2. The fourth-order valence-corrected chi connectivity index (χ4v) is 3.97. The summed E-state index contributed by atoms with van der Waals surface area (Å²) in [4.78, 5) is 31.5. The molecule has 2 heterocycles. The lowest BCUT2D eigenvalue weighted by Gasteiger charge is -2.17. The molecule has 1 aromatic heterocycles. The van der Waals surface area contributed by atoms with E-state index in [0.29, 0.717) is 30.4 Å². The van der Waals surface area contributed by atoms with Gasteiger partial charge in [0, 0.05) is 44.8 Å². The van der Waals surface area contributed by atoms with Crippen LogP contribution in [-0.4, -0.2) is 57.7 Å². The Morgan fingerprint density at radius 3 is 2.81 bits per heavy atom. The maximum atomic E-state index is 12.9. The summed E-state index contributed by atoms with van der Waals surface area (Å²) in [6.07, 6.45) is 5.87. The average Bonchev–Trinajstić information content (AvgIpc) is 3.26. The van der Waals surface area contributed by atoms with E-state index in [0.717, 1.165) is 22.4 Å². The van der Waals surface area contributed by atoms with E-state index in [9.17, 15) is 9.59 Å². The number of amides is 2. The number of nitrogens with one attached hydrogen (secondary N) is 1. The molecule has 0 unspecified atom stereocenters. The highest BCUT2D eigenvalue weighted by molar-refractivity contribution is 8.14. The van der Waals surface area contributed by atoms with Crippen molar-refractivity contribution in [1.82, 2.24) is 14.7 Å². The molecule has 0 fully saturated rings. The van der Waals surface area contributed by atoms with Gasteiger partial charge >= 0.3 is 0 Å². The molecule has 1 aromatic carbocycles. The minimum atomic E-state index is -0.183. The monoisotopic (exact) mass is 441 g/mol. The van der Waals surface area contributed by atoms with E-state index >= 15 is 0 Å². The number of thioether (sulfide) groups is 1. The summed E-state index contributed by atoms with van der Waals surface area (Å²) in [5.74, 6) is -0.175. The quantitative estimate of drug-likeness (QED) is 0.503. The van der Waals surface area contributed by atoms with Gasteiger partial charge in [0.2, 0.25) is 5.91 Å². The Kier molecular flexibility index (Phi) is 7.64. The van der Waals surface area contributed by atoms with Gasteiger partial charge in [-0.3, -0.25) is 19.2 Å². The van der Waals surface area contributed by atoms with E-state index in [2.05, 4.69) is 15.4 Å². The molecule has 0 bridgehead atoms. The Labute approximate surface area is 186 Å². The van der Waals surface area contributed by atoms with Crippen LogP contribution in [0.2, 0.25) is 0 Å². The molecule has 31 heavy (non-hydrogen) atoms. The van der Waals surface area contributed by atoms with Crippen molar-refractivity contribution in [2.24, 2.45) is 12.0 Å².